The van der Waals surface area contributed by atoms with E-state index in [2.05, 4.69) is 19.2 Å². The fraction of sp³-hybridized carbons (Fsp3) is 0.417. The number of carbonyl (C=O) groups excluding carboxylic acids is 2. The summed E-state index contributed by atoms with van der Waals surface area (Å²) < 4.78 is 5.71. The van der Waals surface area contributed by atoms with Crippen LogP contribution in [0.2, 0.25) is 5.02 Å². The molecule has 0 aliphatic carbocycles. The largest absolute Gasteiger partial charge is 0.484 e. The van der Waals surface area contributed by atoms with Gasteiger partial charge in [-0.15, -0.1) is 0 Å². The van der Waals surface area contributed by atoms with Gasteiger partial charge >= 0.3 is 0 Å². The van der Waals surface area contributed by atoms with Gasteiger partial charge in [-0.25, -0.2) is 0 Å². The van der Waals surface area contributed by atoms with E-state index in [0.29, 0.717) is 23.2 Å². The quantitative estimate of drug-likeness (QED) is 0.589. The lowest BCUT2D eigenvalue weighted by atomic mass is 10.0. The van der Waals surface area contributed by atoms with Gasteiger partial charge in [0.25, 0.3) is 5.91 Å². The maximum absolute atomic E-state index is 13.0. The summed E-state index contributed by atoms with van der Waals surface area (Å²) in [5, 5.41) is 3.41. The minimum atomic E-state index is -0.646. The van der Waals surface area contributed by atoms with Gasteiger partial charge in [0, 0.05) is 18.1 Å². The van der Waals surface area contributed by atoms with Crippen LogP contribution in [0.4, 0.5) is 0 Å². The van der Waals surface area contributed by atoms with Gasteiger partial charge in [0.2, 0.25) is 5.91 Å². The number of ether oxygens (including phenoxy) is 1. The van der Waals surface area contributed by atoms with E-state index in [0.717, 1.165) is 12.0 Å². The van der Waals surface area contributed by atoms with E-state index in [-0.39, 0.29) is 25.0 Å². The van der Waals surface area contributed by atoms with Crippen LogP contribution in [-0.2, 0) is 16.1 Å². The molecule has 0 aromatic heterocycles. The van der Waals surface area contributed by atoms with Crippen LogP contribution in [-0.4, -0.2) is 35.9 Å². The molecule has 0 saturated carbocycles. The summed E-state index contributed by atoms with van der Waals surface area (Å²) in [6, 6.07) is 14.4. The first-order chi connectivity index (χ1) is 14.3. The number of rotatable bonds is 10. The summed E-state index contributed by atoms with van der Waals surface area (Å²) in [6.45, 7) is 8.59. The highest BCUT2D eigenvalue weighted by Crippen LogP contribution is 2.20. The number of carbonyl (C=O) groups is 2. The van der Waals surface area contributed by atoms with E-state index in [1.807, 2.05) is 49.4 Å². The molecular weight excluding hydrogens is 400 g/mol. The van der Waals surface area contributed by atoms with E-state index in [1.165, 1.54) is 10.5 Å². The third-order valence-corrected chi connectivity index (χ3v) is 5.29. The third-order valence-electron chi connectivity index (χ3n) is 4.92. The molecule has 5 nitrogen and oxygen atoms in total. The third kappa shape index (κ3) is 6.77. The Hall–Kier alpha value is -2.53. The van der Waals surface area contributed by atoms with Crippen molar-refractivity contribution in [3.05, 3.63) is 64.7 Å². The van der Waals surface area contributed by atoms with Gasteiger partial charge in [-0.3, -0.25) is 9.59 Å². The summed E-state index contributed by atoms with van der Waals surface area (Å²) in [4.78, 5) is 27.0. The first kappa shape index (κ1) is 23.7. The minimum Gasteiger partial charge on any atom is -0.484 e. The average Bonchev–Trinajstić information content (AvgIpc) is 2.75. The van der Waals surface area contributed by atoms with Gasteiger partial charge < -0.3 is 15.0 Å². The second kappa shape index (κ2) is 11.6. The van der Waals surface area contributed by atoms with E-state index in [1.54, 1.807) is 13.0 Å². The highest BCUT2D eigenvalue weighted by atomic mass is 35.5. The number of hydrogen-bond acceptors (Lipinski definition) is 3. The molecule has 0 fully saturated rings. The fourth-order valence-corrected chi connectivity index (χ4v) is 3.16. The zero-order valence-corrected chi connectivity index (χ0v) is 18.9. The number of nitrogens with zero attached hydrogens (tertiary/aromatic N) is 1. The normalized spacial score (nSPS) is 11.8. The topological polar surface area (TPSA) is 58.6 Å². The maximum Gasteiger partial charge on any atom is 0.261 e. The number of halogens is 1. The molecule has 2 aromatic rings. The first-order valence-corrected chi connectivity index (χ1v) is 10.7. The van der Waals surface area contributed by atoms with E-state index in [4.69, 9.17) is 16.3 Å². The lowest BCUT2D eigenvalue weighted by Crippen LogP contribution is -2.49. The van der Waals surface area contributed by atoms with Crippen molar-refractivity contribution in [3.8, 4) is 5.75 Å². The Morgan fingerprint density at radius 3 is 2.33 bits per heavy atom. The molecule has 0 heterocycles. The van der Waals surface area contributed by atoms with Crippen LogP contribution in [0.25, 0.3) is 0 Å². The Morgan fingerprint density at radius 1 is 1.07 bits per heavy atom. The SMILES string of the molecule is CCCNC(=O)[C@H](C)N(Cc1ccccc1Cl)C(=O)COc1ccc(C(C)C)cc1. The van der Waals surface area contributed by atoms with Crippen LogP contribution >= 0.6 is 11.6 Å². The van der Waals surface area contributed by atoms with Crippen LogP contribution in [0.1, 0.15) is 51.2 Å². The van der Waals surface area contributed by atoms with Crippen molar-refractivity contribution in [2.45, 2.75) is 52.6 Å². The molecular formula is C24H31ClN2O3. The minimum absolute atomic E-state index is 0.156. The molecule has 0 saturated heterocycles. The first-order valence-electron chi connectivity index (χ1n) is 10.4. The van der Waals surface area contributed by atoms with Gasteiger partial charge in [-0.2, -0.15) is 0 Å². The molecule has 1 N–H and O–H groups in total. The molecule has 0 spiro atoms. The number of benzene rings is 2. The molecule has 162 valence electrons. The van der Waals surface area contributed by atoms with Crippen molar-refractivity contribution in [2.75, 3.05) is 13.2 Å². The summed E-state index contributed by atoms with van der Waals surface area (Å²) >= 11 is 6.28. The zero-order chi connectivity index (χ0) is 22.1. The number of nitrogens with one attached hydrogen (secondary N) is 1. The van der Waals surface area contributed by atoms with Crippen molar-refractivity contribution in [1.82, 2.24) is 10.2 Å². The monoisotopic (exact) mass is 430 g/mol. The molecule has 0 bridgehead atoms. The Labute approximate surface area is 184 Å². The Kier molecular flexibility index (Phi) is 9.18. The van der Waals surface area contributed by atoms with Crippen molar-refractivity contribution in [1.29, 1.82) is 0 Å². The van der Waals surface area contributed by atoms with Crippen molar-refractivity contribution >= 4 is 23.4 Å². The van der Waals surface area contributed by atoms with Gasteiger partial charge in [0.15, 0.2) is 6.61 Å². The standard InChI is InChI=1S/C24H31ClN2O3/c1-5-14-26-24(29)18(4)27(15-20-8-6-7-9-22(20)25)23(28)16-30-21-12-10-19(11-13-21)17(2)3/h6-13,17-18H,5,14-16H2,1-4H3,(H,26,29)/t18-/m0/s1. The highest BCUT2D eigenvalue weighted by molar-refractivity contribution is 6.31. The molecule has 30 heavy (non-hydrogen) atoms. The van der Waals surface area contributed by atoms with E-state index < -0.39 is 6.04 Å². The van der Waals surface area contributed by atoms with Crippen LogP contribution in [0.15, 0.2) is 48.5 Å². The Morgan fingerprint density at radius 2 is 1.73 bits per heavy atom. The molecule has 2 rings (SSSR count). The smallest absolute Gasteiger partial charge is 0.261 e. The fourth-order valence-electron chi connectivity index (χ4n) is 2.97. The molecule has 0 aliphatic rings. The Bertz CT molecular complexity index is 837. The molecule has 2 aromatic carbocycles. The van der Waals surface area contributed by atoms with Crippen LogP contribution in [0.3, 0.4) is 0 Å². The second-order valence-electron chi connectivity index (χ2n) is 7.59. The van der Waals surface area contributed by atoms with Gasteiger partial charge in [-0.05, 0) is 48.6 Å². The number of amides is 2. The van der Waals surface area contributed by atoms with E-state index >= 15 is 0 Å². The van der Waals surface area contributed by atoms with E-state index in [9.17, 15) is 9.59 Å². The summed E-state index contributed by atoms with van der Waals surface area (Å²) in [5.74, 6) is 0.573. The molecule has 0 radical (unpaired) electrons. The van der Waals surface area contributed by atoms with Gasteiger partial charge in [-0.1, -0.05) is 62.7 Å². The summed E-state index contributed by atoms with van der Waals surface area (Å²) in [5.41, 5.74) is 1.99. The summed E-state index contributed by atoms with van der Waals surface area (Å²) in [7, 11) is 0. The molecule has 0 unspecified atom stereocenters. The average molecular weight is 431 g/mol. The van der Waals surface area contributed by atoms with Crippen LogP contribution in [0, 0.1) is 0 Å². The van der Waals surface area contributed by atoms with Crippen molar-refractivity contribution < 1.29 is 14.3 Å². The Balaban J connectivity index is 2.12. The second-order valence-corrected chi connectivity index (χ2v) is 8.00. The van der Waals surface area contributed by atoms with Gasteiger partial charge in [0.1, 0.15) is 11.8 Å². The lowest BCUT2D eigenvalue weighted by molar-refractivity contribution is -0.142. The lowest BCUT2D eigenvalue weighted by Gasteiger charge is -2.29. The van der Waals surface area contributed by atoms with Crippen LogP contribution < -0.4 is 10.1 Å². The molecule has 2 amide bonds. The zero-order valence-electron chi connectivity index (χ0n) is 18.2. The number of hydrogen-bond donors (Lipinski definition) is 1. The van der Waals surface area contributed by atoms with Crippen molar-refractivity contribution in [3.63, 3.8) is 0 Å². The summed E-state index contributed by atoms with van der Waals surface area (Å²) in [6.07, 6.45) is 0.826. The van der Waals surface area contributed by atoms with Crippen LogP contribution in [0.5, 0.6) is 5.75 Å². The molecule has 6 heteroatoms. The molecule has 1 atom stereocenters. The predicted octanol–water partition coefficient (Wildman–Crippen LogP) is 4.79. The predicted molar refractivity (Wildman–Crippen MR) is 121 cm³/mol. The highest BCUT2D eigenvalue weighted by Gasteiger charge is 2.26. The molecule has 0 aliphatic heterocycles. The maximum atomic E-state index is 13.0. The van der Waals surface area contributed by atoms with Gasteiger partial charge in [0.05, 0.1) is 0 Å². The van der Waals surface area contributed by atoms with Crippen molar-refractivity contribution in [2.24, 2.45) is 0 Å².